The molecule has 4 nitrogen and oxygen atoms in total. The minimum atomic E-state index is 0.256. The first kappa shape index (κ1) is 12.9. The van der Waals surface area contributed by atoms with E-state index in [2.05, 4.69) is 5.16 Å². The summed E-state index contributed by atoms with van der Waals surface area (Å²) >= 11 is 0. The zero-order valence-electron chi connectivity index (χ0n) is 11.6. The summed E-state index contributed by atoms with van der Waals surface area (Å²) in [5.74, 6) is 1.64. The summed E-state index contributed by atoms with van der Waals surface area (Å²) in [4.78, 5) is 0. The number of rotatable bonds is 5. The maximum absolute atomic E-state index is 5.76. The number of aryl methyl sites for hydroxylation is 1. The van der Waals surface area contributed by atoms with Gasteiger partial charge in [-0.1, -0.05) is 23.4 Å². The number of hydrogen-bond donors (Lipinski definition) is 0. The van der Waals surface area contributed by atoms with Gasteiger partial charge in [0, 0.05) is 11.1 Å². The monoisotopic (exact) mass is 271 g/mol. The molecule has 1 aliphatic heterocycles. The van der Waals surface area contributed by atoms with Crippen LogP contribution < -0.4 is 4.74 Å². The second-order valence-electron chi connectivity index (χ2n) is 4.89. The molecule has 0 aliphatic carbocycles. The minimum Gasteiger partial charge on any atom is -0.490 e. The van der Waals surface area contributed by atoms with Gasteiger partial charge in [-0.2, -0.15) is 0 Å². The van der Waals surface area contributed by atoms with Crippen LogP contribution in [0.2, 0.25) is 0 Å². The molecule has 3 rings (SSSR count). The fourth-order valence-electron chi connectivity index (χ4n) is 1.85. The summed E-state index contributed by atoms with van der Waals surface area (Å²) < 4.78 is 16.2. The second-order valence-corrected chi connectivity index (χ2v) is 4.89. The fraction of sp³-hybridized carbons (Fsp3) is 0.312. The molecule has 1 atom stereocenters. The lowest BCUT2D eigenvalue weighted by Crippen LogP contribution is -2.04. The van der Waals surface area contributed by atoms with Crippen molar-refractivity contribution in [3.8, 4) is 5.75 Å². The first-order valence-electron chi connectivity index (χ1n) is 6.68. The number of ether oxygens (including phenoxy) is 2. The molecular formula is C16H17NO3. The quantitative estimate of drug-likeness (QED) is 0.783. The van der Waals surface area contributed by atoms with Crippen molar-refractivity contribution in [3.05, 3.63) is 46.8 Å². The zero-order chi connectivity index (χ0) is 13.9. The van der Waals surface area contributed by atoms with E-state index in [0.717, 1.165) is 34.9 Å². The van der Waals surface area contributed by atoms with Crippen LogP contribution in [0.3, 0.4) is 0 Å². The van der Waals surface area contributed by atoms with Crippen LogP contribution in [-0.2, 0) is 4.74 Å². The average Bonchev–Trinajstić information content (AvgIpc) is 3.24. The Morgan fingerprint density at radius 1 is 1.30 bits per heavy atom. The molecule has 1 saturated heterocycles. The van der Waals surface area contributed by atoms with E-state index in [-0.39, 0.29) is 6.10 Å². The van der Waals surface area contributed by atoms with Crippen LogP contribution in [0.15, 0.2) is 28.8 Å². The highest BCUT2D eigenvalue weighted by Crippen LogP contribution is 2.23. The topological polar surface area (TPSA) is 47.8 Å². The largest absolute Gasteiger partial charge is 0.490 e. The molecular weight excluding hydrogens is 254 g/mol. The van der Waals surface area contributed by atoms with Crippen molar-refractivity contribution in [2.24, 2.45) is 0 Å². The summed E-state index contributed by atoms with van der Waals surface area (Å²) in [6.45, 7) is 5.33. The molecule has 2 aromatic rings. The molecule has 0 amide bonds. The molecule has 2 heterocycles. The molecule has 1 aromatic heterocycles. The Bertz CT molecular complexity index is 626. The average molecular weight is 271 g/mol. The van der Waals surface area contributed by atoms with Gasteiger partial charge in [0.1, 0.15) is 18.5 Å². The Morgan fingerprint density at radius 2 is 2.10 bits per heavy atom. The van der Waals surface area contributed by atoms with E-state index in [4.69, 9.17) is 14.0 Å². The first-order valence-corrected chi connectivity index (χ1v) is 6.68. The van der Waals surface area contributed by atoms with Crippen molar-refractivity contribution in [2.75, 3.05) is 13.2 Å². The van der Waals surface area contributed by atoms with E-state index in [1.54, 1.807) is 0 Å². The van der Waals surface area contributed by atoms with Crippen LogP contribution in [0, 0.1) is 13.8 Å². The van der Waals surface area contributed by atoms with E-state index in [1.807, 2.05) is 50.3 Å². The SMILES string of the molecule is Cc1noc(/C=C/c2ccccc2OCC2CO2)c1C. The number of benzene rings is 1. The Labute approximate surface area is 118 Å². The van der Waals surface area contributed by atoms with Crippen LogP contribution in [0.5, 0.6) is 5.75 Å². The Hall–Kier alpha value is -2.07. The maximum atomic E-state index is 5.76. The molecule has 1 aliphatic rings. The molecule has 20 heavy (non-hydrogen) atoms. The zero-order valence-corrected chi connectivity index (χ0v) is 11.6. The fourth-order valence-corrected chi connectivity index (χ4v) is 1.85. The lowest BCUT2D eigenvalue weighted by molar-refractivity contribution is 0.262. The van der Waals surface area contributed by atoms with Crippen LogP contribution in [0.4, 0.5) is 0 Å². The molecule has 0 spiro atoms. The van der Waals surface area contributed by atoms with Gasteiger partial charge in [-0.15, -0.1) is 0 Å². The Morgan fingerprint density at radius 3 is 2.80 bits per heavy atom. The molecule has 0 saturated carbocycles. The summed E-state index contributed by atoms with van der Waals surface area (Å²) in [5, 5.41) is 3.94. The molecule has 1 unspecified atom stereocenters. The molecule has 0 radical (unpaired) electrons. The van der Waals surface area contributed by atoms with Gasteiger partial charge in [0.15, 0.2) is 5.76 Å². The van der Waals surface area contributed by atoms with E-state index in [1.165, 1.54) is 0 Å². The second kappa shape index (κ2) is 5.51. The van der Waals surface area contributed by atoms with Gasteiger partial charge in [-0.3, -0.25) is 0 Å². The van der Waals surface area contributed by atoms with Gasteiger partial charge in [-0.05, 0) is 32.1 Å². The number of hydrogen-bond acceptors (Lipinski definition) is 4. The lowest BCUT2D eigenvalue weighted by Gasteiger charge is -2.07. The van der Waals surface area contributed by atoms with Crippen LogP contribution in [0.1, 0.15) is 22.6 Å². The van der Waals surface area contributed by atoms with E-state index < -0.39 is 0 Å². The Kier molecular flexibility index (Phi) is 3.56. The summed E-state index contributed by atoms with van der Waals surface area (Å²) in [7, 11) is 0. The third-order valence-corrected chi connectivity index (χ3v) is 3.35. The minimum absolute atomic E-state index is 0.256. The van der Waals surface area contributed by atoms with Gasteiger partial charge >= 0.3 is 0 Å². The van der Waals surface area contributed by atoms with Crippen LogP contribution in [-0.4, -0.2) is 24.5 Å². The van der Waals surface area contributed by atoms with Gasteiger partial charge in [0.05, 0.1) is 12.3 Å². The van der Waals surface area contributed by atoms with Crippen molar-refractivity contribution < 1.29 is 14.0 Å². The van der Waals surface area contributed by atoms with Crippen molar-refractivity contribution in [1.29, 1.82) is 0 Å². The molecule has 1 aromatic carbocycles. The summed E-state index contributed by atoms with van der Waals surface area (Å²) in [6.07, 6.45) is 4.16. The normalized spacial score (nSPS) is 17.6. The van der Waals surface area contributed by atoms with Crippen molar-refractivity contribution in [1.82, 2.24) is 5.16 Å². The van der Waals surface area contributed by atoms with Crippen molar-refractivity contribution in [2.45, 2.75) is 20.0 Å². The number of aromatic nitrogens is 1. The van der Waals surface area contributed by atoms with Gasteiger partial charge < -0.3 is 14.0 Å². The van der Waals surface area contributed by atoms with Gasteiger partial charge in [0.2, 0.25) is 0 Å². The molecule has 1 fully saturated rings. The predicted octanol–water partition coefficient (Wildman–Crippen LogP) is 3.24. The van der Waals surface area contributed by atoms with E-state index in [0.29, 0.717) is 6.61 Å². The number of nitrogens with zero attached hydrogens (tertiary/aromatic N) is 1. The van der Waals surface area contributed by atoms with Crippen LogP contribution >= 0.6 is 0 Å². The van der Waals surface area contributed by atoms with E-state index >= 15 is 0 Å². The first-order chi connectivity index (χ1) is 9.74. The van der Waals surface area contributed by atoms with Crippen molar-refractivity contribution in [3.63, 3.8) is 0 Å². The van der Waals surface area contributed by atoms with Gasteiger partial charge in [-0.25, -0.2) is 0 Å². The Balaban J connectivity index is 1.77. The summed E-state index contributed by atoms with van der Waals surface area (Å²) in [5.41, 5.74) is 2.99. The maximum Gasteiger partial charge on any atom is 0.162 e. The third kappa shape index (κ3) is 2.91. The highest BCUT2D eigenvalue weighted by atomic mass is 16.6. The van der Waals surface area contributed by atoms with Crippen LogP contribution in [0.25, 0.3) is 12.2 Å². The number of para-hydroxylation sites is 1. The predicted molar refractivity (Wildman–Crippen MR) is 76.6 cm³/mol. The molecule has 0 bridgehead atoms. The molecule has 0 N–H and O–H groups in total. The summed E-state index contributed by atoms with van der Waals surface area (Å²) in [6, 6.07) is 7.92. The smallest absolute Gasteiger partial charge is 0.162 e. The molecule has 104 valence electrons. The highest BCUT2D eigenvalue weighted by Gasteiger charge is 2.23. The van der Waals surface area contributed by atoms with Gasteiger partial charge in [0.25, 0.3) is 0 Å². The number of epoxide rings is 1. The standard InChI is InChI=1S/C16H17NO3/c1-11-12(2)17-20-15(11)8-7-13-5-3-4-6-16(13)19-10-14-9-18-14/h3-8,14H,9-10H2,1-2H3/b8-7+. The third-order valence-electron chi connectivity index (χ3n) is 3.35. The lowest BCUT2D eigenvalue weighted by atomic mass is 10.1. The molecule has 4 heteroatoms. The highest BCUT2D eigenvalue weighted by molar-refractivity contribution is 5.71. The van der Waals surface area contributed by atoms with E-state index in [9.17, 15) is 0 Å². The van der Waals surface area contributed by atoms with Crippen molar-refractivity contribution >= 4 is 12.2 Å².